The van der Waals surface area contributed by atoms with Crippen LogP contribution in [0.4, 0.5) is 5.69 Å². The molecular formula is C15H15N3O. The third-order valence-corrected chi connectivity index (χ3v) is 3.34. The van der Waals surface area contributed by atoms with Crippen molar-refractivity contribution in [1.82, 2.24) is 9.97 Å². The van der Waals surface area contributed by atoms with Crippen molar-refractivity contribution in [3.8, 4) is 11.3 Å². The second-order valence-electron chi connectivity index (χ2n) is 4.62. The summed E-state index contributed by atoms with van der Waals surface area (Å²) in [5.74, 6) is 0.185. The molecule has 0 radical (unpaired) electrons. The van der Waals surface area contributed by atoms with Crippen LogP contribution in [-0.4, -0.2) is 22.4 Å². The lowest BCUT2D eigenvalue weighted by molar-refractivity contribution is -0.119. The van der Waals surface area contributed by atoms with E-state index in [0.29, 0.717) is 6.42 Å². The average Bonchev–Trinajstić information content (AvgIpc) is 2.49. The Morgan fingerprint density at radius 1 is 1.11 bits per heavy atom. The van der Waals surface area contributed by atoms with Gasteiger partial charge in [-0.2, -0.15) is 0 Å². The molecule has 3 rings (SSSR count). The molecule has 0 aromatic carbocycles. The molecule has 19 heavy (non-hydrogen) atoms. The Balaban J connectivity index is 2.04. The molecule has 0 bridgehead atoms. The van der Waals surface area contributed by atoms with Crippen molar-refractivity contribution < 1.29 is 4.79 Å². The summed E-state index contributed by atoms with van der Waals surface area (Å²) < 4.78 is 0. The van der Waals surface area contributed by atoms with Gasteiger partial charge in [-0.05, 0) is 37.1 Å². The van der Waals surface area contributed by atoms with Crippen LogP contribution in [-0.2, 0) is 4.79 Å². The van der Waals surface area contributed by atoms with E-state index in [1.165, 1.54) is 0 Å². The molecule has 1 aliphatic rings. The summed E-state index contributed by atoms with van der Waals surface area (Å²) in [5.41, 5.74) is 2.66. The Labute approximate surface area is 112 Å². The van der Waals surface area contributed by atoms with Gasteiger partial charge in [0.15, 0.2) is 0 Å². The van der Waals surface area contributed by atoms with Crippen molar-refractivity contribution in [3.05, 3.63) is 42.9 Å². The maximum absolute atomic E-state index is 12.1. The van der Waals surface area contributed by atoms with E-state index in [1.807, 2.05) is 29.2 Å². The Kier molecular flexibility index (Phi) is 3.23. The molecule has 1 fully saturated rings. The van der Waals surface area contributed by atoms with E-state index in [0.717, 1.165) is 36.3 Å². The van der Waals surface area contributed by atoms with Gasteiger partial charge in [-0.15, -0.1) is 0 Å². The highest BCUT2D eigenvalue weighted by Gasteiger charge is 2.22. The maximum Gasteiger partial charge on any atom is 0.227 e. The monoisotopic (exact) mass is 253 g/mol. The quantitative estimate of drug-likeness (QED) is 0.826. The van der Waals surface area contributed by atoms with E-state index in [2.05, 4.69) is 9.97 Å². The fourth-order valence-electron chi connectivity index (χ4n) is 2.40. The van der Waals surface area contributed by atoms with Gasteiger partial charge in [-0.1, -0.05) is 0 Å². The van der Waals surface area contributed by atoms with E-state index in [-0.39, 0.29) is 5.91 Å². The fourth-order valence-corrected chi connectivity index (χ4v) is 2.40. The average molecular weight is 253 g/mol. The van der Waals surface area contributed by atoms with Crippen molar-refractivity contribution >= 4 is 11.6 Å². The highest BCUT2D eigenvalue weighted by Crippen LogP contribution is 2.30. The van der Waals surface area contributed by atoms with Crippen LogP contribution in [0.1, 0.15) is 19.3 Å². The summed E-state index contributed by atoms with van der Waals surface area (Å²) in [6, 6.07) is 7.68. The summed E-state index contributed by atoms with van der Waals surface area (Å²) in [6.45, 7) is 0.776. The van der Waals surface area contributed by atoms with Gasteiger partial charge in [0, 0.05) is 37.1 Å². The molecule has 1 amide bonds. The molecule has 0 unspecified atom stereocenters. The smallest absolute Gasteiger partial charge is 0.227 e. The molecule has 1 aliphatic heterocycles. The van der Waals surface area contributed by atoms with Crippen LogP contribution in [0, 0.1) is 0 Å². The first kappa shape index (κ1) is 11.8. The first-order chi connectivity index (χ1) is 9.36. The number of rotatable bonds is 2. The van der Waals surface area contributed by atoms with Gasteiger partial charge < -0.3 is 4.90 Å². The molecule has 0 aliphatic carbocycles. The Morgan fingerprint density at radius 3 is 2.79 bits per heavy atom. The summed E-state index contributed by atoms with van der Waals surface area (Å²) >= 11 is 0. The number of pyridine rings is 2. The van der Waals surface area contributed by atoms with Crippen LogP contribution in [0.2, 0.25) is 0 Å². The van der Waals surface area contributed by atoms with Crippen LogP contribution in [0.25, 0.3) is 11.3 Å². The van der Waals surface area contributed by atoms with Crippen molar-refractivity contribution in [1.29, 1.82) is 0 Å². The molecule has 0 N–H and O–H groups in total. The number of hydrogen-bond donors (Lipinski definition) is 0. The van der Waals surface area contributed by atoms with E-state index >= 15 is 0 Å². The third-order valence-electron chi connectivity index (χ3n) is 3.34. The van der Waals surface area contributed by atoms with E-state index < -0.39 is 0 Å². The first-order valence-electron chi connectivity index (χ1n) is 6.52. The molecule has 1 saturated heterocycles. The summed E-state index contributed by atoms with van der Waals surface area (Å²) in [5, 5.41) is 0. The van der Waals surface area contributed by atoms with Gasteiger partial charge in [-0.3, -0.25) is 14.8 Å². The lowest BCUT2D eigenvalue weighted by Gasteiger charge is -2.28. The molecule has 96 valence electrons. The van der Waals surface area contributed by atoms with Gasteiger partial charge >= 0.3 is 0 Å². The molecule has 3 heterocycles. The van der Waals surface area contributed by atoms with Gasteiger partial charge in [0.2, 0.25) is 5.91 Å². The van der Waals surface area contributed by atoms with Gasteiger partial charge in [0.05, 0.1) is 11.4 Å². The van der Waals surface area contributed by atoms with Crippen molar-refractivity contribution in [2.45, 2.75) is 19.3 Å². The SMILES string of the molecule is O=C1CCCCN1c1cccnc1-c1cccnc1. The fraction of sp³-hybridized carbons (Fsp3) is 0.267. The topological polar surface area (TPSA) is 46.1 Å². The number of carbonyl (C=O) groups is 1. The normalized spacial score (nSPS) is 15.6. The zero-order chi connectivity index (χ0) is 13.1. The van der Waals surface area contributed by atoms with Crippen LogP contribution in [0.15, 0.2) is 42.9 Å². The van der Waals surface area contributed by atoms with Crippen LogP contribution >= 0.6 is 0 Å². The van der Waals surface area contributed by atoms with Gasteiger partial charge in [0.1, 0.15) is 0 Å². The van der Waals surface area contributed by atoms with Crippen molar-refractivity contribution in [2.75, 3.05) is 11.4 Å². The van der Waals surface area contributed by atoms with Crippen molar-refractivity contribution in [2.24, 2.45) is 0 Å². The lowest BCUT2D eigenvalue weighted by Crippen LogP contribution is -2.35. The molecule has 2 aromatic rings. The molecule has 2 aromatic heterocycles. The first-order valence-corrected chi connectivity index (χ1v) is 6.52. The number of piperidine rings is 1. The molecule has 0 atom stereocenters. The molecule has 4 heteroatoms. The summed E-state index contributed by atoms with van der Waals surface area (Å²) in [7, 11) is 0. The Hall–Kier alpha value is -2.23. The number of anilines is 1. The molecule has 0 spiro atoms. The van der Waals surface area contributed by atoms with Gasteiger partial charge in [-0.25, -0.2) is 0 Å². The predicted octanol–water partition coefficient (Wildman–Crippen LogP) is 2.66. The van der Waals surface area contributed by atoms with Crippen LogP contribution in [0.3, 0.4) is 0 Å². The number of amides is 1. The molecule has 4 nitrogen and oxygen atoms in total. The second kappa shape index (κ2) is 5.18. The largest absolute Gasteiger partial charge is 0.310 e. The number of nitrogens with zero attached hydrogens (tertiary/aromatic N) is 3. The minimum atomic E-state index is 0.185. The zero-order valence-electron chi connectivity index (χ0n) is 10.6. The molecule has 0 saturated carbocycles. The Morgan fingerprint density at radius 2 is 2.00 bits per heavy atom. The van der Waals surface area contributed by atoms with E-state index in [4.69, 9.17) is 0 Å². The lowest BCUT2D eigenvalue weighted by atomic mass is 10.1. The number of aromatic nitrogens is 2. The third kappa shape index (κ3) is 2.34. The maximum atomic E-state index is 12.1. The summed E-state index contributed by atoms with van der Waals surface area (Å²) in [6.07, 6.45) is 7.92. The zero-order valence-corrected chi connectivity index (χ0v) is 10.6. The number of carbonyl (C=O) groups excluding carboxylic acids is 1. The summed E-state index contributed by atoms with van der Waals surface area (Å²) in [4.78, 5) is 22.5. The highest BCUT2D eigenvalue weighted by atomic mass is 16.2. The van der Waals surface area contributed by atoms with E-state index in [9.17, 15) is 4.79 Å². The van der Waals surface area contributed by atoms with Crippen LogP contribution in [0.5, 0.6) is 0 Å². The van der Waals surface area contributed by atoms with Crippen molar-refractivity contribution in [3.63, 3.8) is 0 Å². The minimum absolute atomic E-state index is 0.185. The Bertz CT molecular complexity index is 583. The minimum Gasteiger partial charge on any atom is -0.310 e. The standard InChI is InChI=1S/C15H15N3O/c19-14-7-1-2-10-18(14)13-6-4-9-17-15(13)12-5-3-8-16-11-12/h3-6,8-9,11H,1-2,7,10H2. The predicted molar refractivity (Wildman–Crippen MR) is 73.7 cm³/mol. The molecular weight excluding hydrogens is 238 g/mol. The van der Waals surface area contributed by atoms with E-state index in [1.54, 1.807) is 18.6 Å². The second-order valence-corrected chi connectivity index (χ2v) is 4.62. The highest BCUT2D eigenvalue weighted by molar-refractivity contribution is 5.97. The number of hydrogen-bond acceptors (Lipinski definition) is 3. The van der Waals surface area contributed by atoms with Crippen LogP contribution < -0.4 is 4.90 Å². The van der Waals surface area contributed by atoms with Gasteiger partial charge in [0.25, 0.3) is 0 Å².